The number of benzene rings is 1. The zero-order valence-corrected chi connectivity index (χ0v) is 13.8. The molecule has 0 aliphatic carbocycles. The number of nitrogens with zero attached hydrogens (tertiary/aromatic N) is 3. The predicted molar refractivity (Wildman–Crippen MR) is 91.5 cm³/mol. The van der Waals surface area contributed by atoms with Crippen LogP contribution in [0.2, 0.25) is 0 Å². The number of hydrogen-bond donors (Lipinski definition) is 2. The molecule has 2 aromatic rings. The highest BCUT2D eigenvalue weighted by Crippen LogP contribution is 2.21. The summed E-state index contributed by atoms with van der Waals surface area (Å²) in [6.45, 7) is 2.03. The zero-order valence-electron chi connectivity index (χ0n) is 13.8. The molecule has 130 valence electrons. The minimum atomic E-state index is -0.806. The summed E-state index contributed by atoms with van der Waals surface area (Å²) in [5.41, 5.74) is 2.12. The highest BCUT2D eigenvalue weighted by Gasteiger charge is 2.43. The smallest absolute Gasteiger partial charge is 0.248 e. The van der Waals surface area contributed by atoms with E-state index in [0.717, 1.165) is 16.5 Å². The summed E-state index contributed by atoms with van der Waals surface area (Å²) in [6.07, 6.45) is 1.78. The van der Waals surface area contributed by atoms with E-state index in [1.807, 2.05) is 18.2 Å². The van der Waals surface area contributed by atoms with E-state index in [0.29, 0.717) is 26.2 Å². The first-order valence-corrected chi connectivity index (χ1v) is 8.44. The molecule has 0 bridgehead atoms. The average Bonchev–Trinajstić information content (AvgIpc) is 2.65. The van der Waals surface area contributed by atoms with Crippen LogP contribution < -0.4 is 5.32 Å². The number of hydrogen-bond acceptors (Lipinski definition) is 5. The lowest BCUT2D eigenvalue weighted by molar-refractivity contribution is -0.154. The number of amides is 2. The molecular formula is C18H20N4O3. The number of aliphatic hydroxyl groups excluding tert-OH is 1. The van der Waals surface area contributed by atoms with E-state index in [1.54, 1.807) is 11.1 Å². The van der Waals surface area contributed by atoms with Gasteiger partial charge in [-0.2, -0.15) is 0 Å². The average molecular weight is 340 g/mol. The lowest BCUT2D eigenvalue weighted by Crippen LogP contribution is -2.69. The number of aromatic nitrogens is 1. The van der Waals surface area contributed by atoms with Crippen LogP contribution >= 0.6 is 0 Å². The van der Waals surface area contributed by atoms with Crippen LogP contribution in [0.4, 0.5) is 0 Å². The van der Waals surface area contributed by atoms with Gasteiger partial charge in [-0.25, -0.2) is 0 Å². The van der Waals surface area contributed by atoms with Gasteiger partial charge in [0.1, 0.15) is 12.1 Å². The van der Waals surface area contributed by atoms with Crippen LogP contribution in [0, 0.1) is 0 Å². The second-order valence-electron chi connectivity index (χ2n) is 6.51. The van der Waals surface area contributed by atoms with Gasteiger partial charge in [-0.3, -0.25) is 19.5 Å². The molecule has 2 aliphatic heterocycles. The molecule has 2 amide bonds. The van der Waals surface area contributed by atoms with Crippen LogP contribution in [0.15, 0.2) is 36.5 Å². The van der Waals surface area contributed by atoms with Crippen molar-refractivity contribution >= 4 is 22.7 Å². The Bertz CT molecular complexity index is 820. The summed E-state index contributed by atoms with van der Waals surface area (Å²) in [5, 5.41) is 13.0. The third-order valence-electron chi connectivity index (χ3n) is 4.98. The highest BCUT2D eigenvalue weighted by molar-refractivity contribution is 5.97. The van der Waals surface area contributed by atoms with Crippen LogP contribution in [-0.2, 0) is 16.1 Å². The first kappa shape index (κ1) is 16.0. The lowest BCUT2D eigenvalue weighted by atomic mass is 10.0. The number of nitrogens with one attached hydrogen (secondary N) is 1. The maximum atomic E-state index is 12.3. The Labute approximate surface area is 145 Å². The molecular weight excluding hydrogens is 320 g/mol. The molecule has 3 heterocycles. The summed E-state index contributed by atoms with van der Waals surface area (Å²) in [7, 11) is 0. The van der Waals surface area contributed by atoms with Gasteiger partial charge in [0.05, 0.1) is 12.1 Å². The maximum Gasteiger partial charge on any atom is 0.248 e. The minimum Gasteiger partial charge on any atom is -0.394 e. The van der Waals surface area contributed by atoms with E-state index in [1.165, 1.54) is 0 Å². The van der Waals surface area contributed by atoms with Crippen molar-refractivity contribution in [3.05, 3.63) is 42.1 Å². The standard InChI is InChI=1S/C18H20N4O3/c23-11-15-18(25)22-8-7-21(10-16(22)17(24)20-15)9-12-3-1-5-14-13(12)4-2-6-19-14/h1-6,15-16,23H,7-11H2,(H,20,24)/t15-,16+/m0/s1. The van der Waals surface area contributed by atoms with Crippen LogP contribution in [0.1, 0.15) is 5.56 Å². The van der Waals surface area contributed by atoms with Crippen molar-refractivity contribution in [3.63, 3.8) is 0 Å². The molecule has 0 radical (unpaired) electrons. The highest BCUT2D eigenvalue weighted by atomic mass is 16.3. The number of piperazine rings is 2. The third kappa shape index (κ3) is 2.85. The SMILES string of the molecule is O=C1N[C@@H](CO)C(=O)N2CCN(Cc3cccc4ncccc34)C[C@H]12. The van der Waals surface area contributed by atoms with Gasteiger partial charge in [-0.05, 0) is 17.7 Å². The third-order valence-corrected chi connectivity index (χ3v) is 4.98. The van der Waals surface area contributed by atoms with E-state index in [9.17, 15) is 14.7 Å². The van der Waals surface area contributed by atoms with E-state index in [-0.39, 0.29) is 18.4 Å². The summed E-state index contributed by atoms with van der Waals surface area (Å²) < 4.78 is 0. The van der Waals surface area contributed by atoms with Crippen molar-refractivity contribution < 1.29 is 14.7 Å². The van der Waals surface area contributed by atoms with Crippen molar-refractivity contribution in [2.75, 3.05) is 26.2 Å². The molecule has 7 heteroatoms. The van der Waals surface area contributed by atoms with Crippen LogP contribution in [0.25, 0.3) is 10.9 Å². The molecule has 2 fully saturated rings. The van der Waals surface area contributed by atoms with Crippen molar-refractivity contribution in [2.24, 2.45) is 0 Å². The van der Waals surface area contributed by atoms with Crippen molar-refractivity contribution in [1.82, 2.24) is 20.1 Å². The lowest BCUT2D eigenvalue weighted by Gasteiger charge is -2.45. The van der Waals surface area contributed by atoms with E-state index >= 15 is 0 Å². The molecule has 0 spiro atoms. The molecule has 25 heavy (non-hydrogen) atoms. The topological polar surface area (TPSA) is 85.8 Å². The molecule has 1 aromatic heterocycles. The summed E-state index contributed by atoms with van der Waals surface area (Å²) in [4.78, 5) is 32.8. The molecule has 4 rings (SSSR count). The Hall–Kier alpha value is -2.51. The minimum absolute atomic E-state index is 0.192. The fourth-order valence-corrected chi connectivity index (χ4v) is 3.67. The van der Waals surface area contributed by atoms with Gasteiger partial charge in [0.15, 0.2) is 0 Å². The molecule has 2 N–H and O–H groups in total. The van der Waals surface area contributed by atoms with Gasteiger partial charge in [0.2, 0.25) is 11.8 Å². The first-order chi connectivity index (χ1) is 12.2. The quantitative estimate of drug-likeness (QED) is 0.804. The Kier molecular flexibility index (Phi) is 4.10. The Morgan fingerprint density at radius 2 is 2.08 bits per heavy atom. The predicted octanol–water partition coefficient (Wildman–Crippen LogP) is -0.262. The number of carbonyl (C=O) groups excluding carboxylic acids is 2. The van der Waals surface area contributed by atoms with Gasteiger partial charge in [-0.1, -0.05) is 18.2 Å². The number of carbonyl (C=O) groups is 2. The molecule has 0 saturated carbocycles. The monoisotopic (exact) mass is 340 g/mol. The maximum absolute atomic E-state index is 12.3. The van der Waals surface area contributed by atoms with Crippen LogP contribution in [0.3, 0.4) is 0 Å². The summed E-state index contributed by atoms with van der Waals surface area (Å²) in [6, 6.07) is 8.73. The van der Waals surface area contributed by atoms with Gasteiger partial charge >= 0.3 is 0 Å². The van der Waals surface area contributed by atoms with Gasteiger partial charge in [-0.15, -0.1) is 0 Å². The second-order valence-corrected chi connectivity index (χ2v) is 6.51. The molecule has 0 unspecified atom stereocenters. The van der Waals surface area contributed by atoms with Gasteiger partial charge in [0.25, 0.3) is 0 Å². The van der Waals surface area contributed by atoms with E-state index < -0.39 is 12.1 Å². The van der Waals surface area contributed by atoms with Crippen molar-refractivity contribution in [3.8, 4) is 0 Å². The molecule has 2 atom stereocenters. The van der Waals surface area contributed by atoms with Crippen LogP contribution in [-0.4, -0.2) is 70.0 Å². The second kappa shape index (κ2) is 6.42. The zero-order chi connectivity index (χ0) is 17.4. The number of pyridine rings is 1. The van der Waals surface area contributed by atoms with Gasteiger partial charge in [0, 0.05) is 37.8 Å². The Morgan fingerprint density at radius 3 is 2.92 bits per heavy atom. The van der Waals surface area contributed by atoms with E-state index in [2.05, 4.69) is 27.3 Å². The van der Waals surface area contributed by atoms with Gasteiger partial charge < -0.3 is 15.3 Å². The molecule has 1 aromatic carbocycles. The fraction of sp³-hybridized carbons (Fsp3) is 0.389. The number of fused-ring (bicyclic) bond motifs is 2. The van der Waals surface area contributed by atoms with Crippen molar-refractivity contribution in [2.45, 2.75) is 18.6 Å². The Balaban J connectivity index is 1.53. The first-order valence-electron chi connectivity index (χ1n) is 8.44. The fourth-order valence-electron chi connectivity index (χ4n) is 3.67. The largest absolute Gasteiger partial charge is 0.394 e. The molecule has 2 aliphatic rings. The van der Waals surface area contributed by atoms with E-state index in [4.69, 9.17) is 0 Å². The summed E-state index contributed by atoms with van der Waals surface area (Å²) >= 11 is 0. The summed E-state index contributed by atoms with van der Waals surface area (Å²) in [5.74, 6) is -0.385. The number of aliphatic hydroxyl groups is 1. The molecule has 2 saturated heterocycles. The normalized spacial score (nSPS) is 24.3. The molecule has 7 nitrogen and oxygen atoms in total. The van der Waals surface area contributed by atoms with Crippen LogP contribution in [0.5, 0.6) is 0 Å². The number of rotatable bonds is 3. The van der Waals surface area contributed by atoms with Crippen molar-refractivity contribution in [1.29, 1.82) is 0 Å². The Morgan fingerprint density at radius 1 is 1.20 bits per heavy atom.